The van der Waals surface area contributed by atoms with Crippen LogP contribution in [0.2, 0.25) is 0 Å². The highest BCUT2D eigenvalue weighted by molar-refractivity contribution is 7.84. The predicted molar refractivity (Wildman–Crippen MR) is 50.9 cm³/mol. The van der Waals surface area contributed by atoms with Crippen molar-refractivity contribution in [1.82, 2.24) is 0 Å². The summed E-state index contributed by atoms with van der Waals surface area (Å²) >= 11 is 0. The van der Waals surface area contributed by atoms with Crippen molar-refractivity contribution >= 4 is 10.8 Å². The van der Waals surface area contributed by atoms with Crippen LogP contribution in [0.5, 0.6) is 0 Å². The highest BCUT2D eigenvalue weighted by Crippen LogP contribution is 2.01. The summed E-state index contributed by atoms with van der Waals surface area (Å²) in [5, 5.41) is 0. The summed E-state index contributed by atoms with van der Waals surface area (Å²) in [5.41, 5.74) is 5.42. The first kappa shape index (κ1) is 11.1. The topological polar surface area (TPSA) is 43.1 Å². The van der Waals surface area contributed by atoms with E-state index in [2.05, 4.69) is 13.8 Å². The molecule has 2 N–H and O–H groups in total. The minimum atomic E-state index is -0.660. The van der Waals surface area contributed by atoms with Crippen molar-refractivity contribution in [2.24, 2.45) is 17.6 Å². The van der Waals surface area contributed by atoms with Gasteiger partial charge < -0.3 is 5.73 Å². The molecule has 3 heteroatoms. The fraction of sp³-hybridized carbons (Fsp3) is 1.00. The van der Waals surface area contributed by atoms with E-state index in [0.29, 0.717) is 18.4 Å². The normalized spacial score (nSPS) is 16.8. The van der Waals surface area contributed by atoms with Gasteiger partial charge in [-0.3, -0.25) is 4.21 Å². The summed E-state index contributed by atoms with van der Waals surface area (Å²) in [4.78, 5) is 0. The third-order valence-electron chi connectivity index (χ3n) is 1.39. The van der Waals surface area contributed by atoms with Gasteiger partial charge in [-0.25, -0.2) is 0 Å². The molecule has 0 bridgehead atoms. The quantitative estimate of drug-likeness (QED) is 0.680. The van der Waals surface area contributed by atoms with Crippen molar-refractivity contribution in [2.75, 3.05) is 18.1 Å². The SMILES string of the molecule is CC(C)CS(=O)CC(C)CN. The predicted octanol–water partition coefficient (Wildman–Crippen LogP) is 0.986. The highest BCUT2D eigenvalue weighted by atomic mass is 32.2. The van der Waals surface area contributed by atoms with Crippen LogP contribution in [0.15, 0.2) is 0 Å². The van der Waals surface area contributed by atoms with E-state index in [1.54, 1.807) is 0 Å². The van der Waals surface area contributed by atoms with Crippen molar-refractivity contribution in [3.63, 3.8) is 0 Å². The Kier molecular flexibility index (Phi) is 5.78. The molecule has 2 unspecified atom stereocenters. The summed E-state index contributed by atoms with van der Waals surface area (Å²) < 4.78 is 11.3. The van der Waals surface area contributed by atoms with Gasteiger partial charge in [0.1, 0.15) is 0 Å². The maximum absolute atomic E-state index is 11.3. The van der Waals surface area contributed by atoms with Crippen LogP contribution in [-0.4, -0.2) is 22.3 Å². The molecule has 0 aromatic heterocycles. The van der Waals surface area contributed by atoms with E-state index in [0.717, 1.165) is 11.5 Å². The first-order chi connectivity index (χ1) is 5.06. The van der Waals surface area contributed by atoms with Crippen LogP contribution >= 0.6 is 0 Å². The molecule has 2 atom stereocenters. The number of hydrogen-bond donors (Lipinski definition) is 1. The van der Waals surface area contributed by atoms with Crippen LogP contribution < -0.4 is 5.73 Å². The lowest BCUT2D eigenvalue weighted by atomic mass is 10.2. The van der Waals surface area contributed by atoms with Crippen LogP contribution in [0.1, 0.15) is 20.8 Å². The van der Waals surface area contributed by atoms with Gasteiger partial charge in [-0.15, -0.1) is 0 Å². The largest absolute Gasteiger partial charge is 0.330 e. The van der Waals surface area contributed by atoms with Gasteiger partial charge in [0.25, 0.3) is 0 Å². The Bertz CT molecular complexity index is 125. The first-order valence-electron chi connectivity index (χ1n) is 4.11. The van der Waals surface area contributed by atoms with Gasteiger partial charge in [0.05, 0.1) is 0 Å². The fourth-order valence-electron chi connectivity index (χ4n) is 0.825. The van der Waals surface area contributed by atoms with Crippen LogP contribution in [0.4, 0.5) is 0 Å². The van der Waals surface area contributed by atoms with E-state index in [4.69, 9.17) is 5.73 Å². The highest BCUT2D eigenvalue weighted by Gasteiger charge is 2.07. The van der Waals surface area contributed by atoms with E-state index >= 15 is 0 Å². The zero-order valence-corrected chi connectivity index (χ0v) is 8.49. The Hall–Kier alpha value is 0.110. The Morgan fingerprint density at radius 2 is 1.82 bits per heavy atom. The zero-order valence-electron chi connectivity index (χ0n) is 7.67. The summed E-state index contributed by atoms with van der Waals surface area (Å²) in [7, 11) is -0.660. The van der Waals surface area contributed by atoms with Gasteiger partial charge in [0.2, 0.25) is 0 Å². The molecule has 0 saturated carbocycles. The summed E-state index contributed by atoms with van der Waals surface area (Å²) in [6, 6.07) is 0. The third kappa shape index (κ3) is 6.51. The molecule has 2 nitrogen and oxygen atoms in total. The van der Waals surface area contributed by atoms with Crippen molar-refractivity contribution in [2.45, 2.75) is 20.8 Å². The Balaban J connectivity index is 3.52. The molecule has 0 fully saturated rings. The summed E-state index contributed by atoms with van der Waals surface area (Å²) in [6.07, 6.45) is 0. The lowest BCUT2D eigenvalue weighted by molar-refractivity contribution is 0.630. The molecule has 68 valence electrons. The first-order valence-corrected chi connectivity index (χ1v) is 5.60. The number of hydrogen-bond acceptors (Lipinski definition) is 2. The van der Waals surface area contributed by atoms with Gasteiger partial charge in [-0.1, -0.05) is 20.8 Å². The smallest absolute Gasteiger partial charge is 0.0272 e. The molecule has 0 radical (unpaired) electrons. The lowest BCUT2D eigenvalue weighted by Crippen LogP contribution is -2.20. The Labute approximate surface area is 72.0 Å². The molecule has 0 aliphatic heterocycles. The lowest BCUT2D eigenvalue weighted by Gasteiger charge is -2.09. The molecule has 0 aliphatic carbocycles. The van der Waals surface area contributed by atoms with Crippen LogP contribution in [0.25, 0.3) is 0 Å². The molecule has 0 aromatic carbocycles. The minimum Gasteiger partial charge on any atom is -0.330 e. The average Bonchev–Trinajstić information content (AvgIpc) is 1.85. The Morgan fingerprint density at radius 3 is 2.18 bits per heavy atom. The van der Waals surface area contributed by atoms with E-state index in [-0.39, 0.29) is 0 Å². The molecule has 11 heavy (non-hydrogen) atoms. The Morgan fingerprint density at radius 1 is 1.27 bits per heavy atom. The van der Waals surface area contributed by atoms with E-state index in [1.807, 2.05) is 6.92 Å². The van der Waals surface area contributed by atoms with Crippen molar-refractivity contribution in [3.8, 4) is 0 Å². The monoisotopic (exact) mass is 177 g/mol. The number of nitrogens with two attached hydrogens (primary N) is 1. The van der Waals surface area contributed by atoms with Crippen LogP contribution in [-0.2, 0) is 10.8 Å². The van der Waals surface area contributed by atoms with E-state index in [9.17, 15) is 4.21 Å². The minimum absolute atomic E-state index is 0.398. The van der Waals surface area contributed by atoms with Gasteiger partial charge in [-0.05, 0) is 18.4 Å². The number of rotatable bonds is 5. The van der Waals surface area contributed by atoms with Crippen molar-refractivity contribution in [1.29, 1.82) is 0 Å². The van der Waals surface area contributed by atoms with E-state index < -0.39 is 10.8 Å². The standard InChI is InChI=1S/C8H19NOS/c1-7(2)5-11(10)6-8(3)4-9/h7-8H,4-6,9H2,1-3H3. The van der Waals surface area contributed by atoms with Crippen molar-refractivity contribution < 1.29 is 4.21 Å². The molecule has 0 spiro atoms. The zero-order chi connectivity index (χ0) is 8.85. The summed E-state index contributed by atoms with van der Waals surface area (Å²) in [6.45, 7) is 6.86. The molecule has 0 rings (SSSR count). The maximum Gasteiger partial charge on any atom is 0.0272 e. The molecule has 0 heterocycles. The van der Waals surface area contributed by atoms with Crippen LogP contribution in [0, 0.1) is 11.8 Å². The van der Waals surface area contributed by atoms with E-state index in [1.165, 1.54) is 0 Å². The second-order valence-corrected chi connectivity index (χ2v) is 5.05. The van der Waals surface area contributed by atoms with Gasteiger partial charge in [0, 0.05) is 22.3 Å². The molecule has 0 amide bonds. The average molecular weight is 177 g/mol. The van der Waals surface area contributed by atoms with Crippen molar-refractivity contribution in [3.05, 3.63) is 0 Å². The third-order valence-corrected chi connectivity index (χ3v) is 3.37. The molecule has 0 saturated heterocycles. The summed E-state index contributed by atoms with van der Waals surface area (Å²) in [5.74, 6) is 2.49. The second-order valence-electron chi connectivity index (χ2n) is 3.51. The molecule has 0 aromatic rings. The molecular formula is C8H19NOS. The van der Waals surface area contributed by atoms with Crippen LogP contribution in [0.3, 0.4) is 0 Å². The van der Waals surface area contributed by atoms with Gasteiger partial charge in [0.15, 0.2) is 0 Å². The molecule has 0 aliphatic rings. The molecular weight excluding hydrogens is 158 g/mol. The van der Waals surface area contributed by atoms with Gasteiger partial charge >= 0.3 is 0 Å². The second kappa shape index (κ2) is 5.72. The van der Waals surface area contributed by atoms with Gasteiger partial charge in [-0.2, -0.15) is 0 Å². The fourth-order valence-corrected chi connectivity index (χ4v) is 2.48. The maximum atomic E-state index is 11.3.